The molecule has 1 aromatic carbocycles. The van der Waals surface area contributed by atoms with Crippen molar-refractivity contribution in [3.05, 3.63) is 45.5 Å². The van der Waals surface area contributed by atoms with Gasteiger partial charge in [-0.1, -0.05) is 28.6 Å². The van der Waals surface area contributed by atoms with Crippen molar-refractivity contribution in [3.63, 3.8) is 0 Å². The van der Waals surface area contributed by atoms with Gasteiger partial charge in [-0.25, -0.2) is 4.79 Å². The molecule has 3 nitrogen and oxygen atoms in total. The Bertz CT molecular complexity index is 653. The third-order valence-corrected chi connectivity index (χ3v) is 3.54. The van der Waals surface area contributed by atoms with Gasteiger partial charge in [-0.15, -0.1) is 0 Å². The molecule has 18 heavy (non-hydrogen) atoms. The molecule has 0 unspecified atom stereocenters. The van der Waals surface area contributed by atoms with Crippen molar-refractivity contribution in [2.75, 3.05) is 0 Å². The summed E-state index contributed by atoms with van der Waals surface area (Å²) in [5.74, 6) is -0.0632. The molecule has 1 heterocycles. The number of pyridine rings is 1. The van der Waals surface area contributed by atoms with E-state index in [-0.39, 0.29) is 0 Å². The van der Waals surface area contributed by atoms with Gasteiger partial charge in [-0.3, -0.25) is 4.98 Å². The van der Waals surface area contributed by atoms with Crippen molar-refractivity contribution >= 4 is 48.7 Å². The number of ether oxygens (including phenoxy) is 1. The van der Waals surface area contributed by atoms with Crippen LogP contribution in [0, 0.1) is 0 Å². The van der Waals surface area contributed by atoms with E-state index in [1.54, 1.807) is 13.1 Å². The van der Waals surface area contributed by atoms with E-state index in [2.05, 4.69) is 43.4 Å². The maximum atomic E-state index is 11.6. The number of halogens is 2. The maximum Gasteiger partial charge on any atom is 0.338 e. The monoisotopic (exact) mass is 369 g/mol. The third-order valence-electron chi connectivity index (χ3n) is 2.29. The lowest BCUT2D eigenvalue weighted by atomic mass is 10.2. The molecular formula is C13H9Br2NO2. The van der Waals surface area contributed by atoms with Gasteiger partial charge < -0.3 is 4.74 Å². The summed E-state index contributed by atoms with van der Waals surface area (Å²) < 4.78 is 6.85. The first-order chi connectivity index (χ1) is 8.50. The zero-order chi connectivity index (χ0) is 13.3. The van der Waals surface area contributed by atoms with E-state index in [0.29, 0.717) is 21.3 Å². The van der Waals surface area contributed by atoms with Gasteiger partial charge in [0.25, 0.3) is 0 Å². The van der Waals surface area contributed by atoms with Gasteiger partial charge in [-0.2, -0.15) is 0 Å². The molecule has 0 radical (unpaired) electrons. The van der Waals surface area contributed by atoms with Crippen LogP contribution in [0.1, 0.15) is 6.92 Å². The highest BCUT2D eigenvalue weighted by Crippen LogP contribution is 2.37. The molecule has 0 fully saturated rings. The largest absolute Gasteiger partial charge is 0.420 e. The van der Waals surface area contributed by atoms with Crippen LogP contribution in [0.25, 0.3) is 10.9 Å². The Morgan fingerprint density at radius 3 is 2.78 bits per heavy atom. The number of hydrogen-bond donors (Lipinski definition) is 0. The van der Waals surface area contributed by atoms with Crippen LogP contribution >= 0.6 is 31.9 Å². The van der Waals surface area contributed by atoms with E-state index in [1.165, 1.54) is 0 Å². The van der Waals surface area contributed by atoms with Crippen molar-refractivity contribution in [1.29, 1.82) is 0 Å². The van der Waals surface area contributed by atoms with Crippen LogP contribution in [-0.2, 0) is 4.79 Å². The normalized spacial score (nSPS) is 10.4. The van der Waals surface area contributed by atoms with Crippen molar-refractivity contribution in [2.45, 2.75) is 6.92 Å². The fourth-order valence-corrected chi connectivity index (χ4v) is 2.78. The summed E-state index contributed by atoms with van der Waals surface area (Å²) >= 11 is 6.82. The summed E-state index contributed by atoms with van der Waals surface area (Å²) in [6, 6.07) is 5.55. The Balaban J connectivity index is 2.63. The Morgan fingerprint density at radius 1 is 1.39 bits per heavy atom. The predicted molar refractivity (Wildman–Crippen MR) is 77.6 cm³/mol. The Labute approximate surface area is 121 Å². The number of fused-ring (bicyclic) bond motifs is 1. The summed E-state index contributed by atoms with van der Waals surface area (Å²) in [7, 11) is 0. The highest BCUT2D eigenvalue weighted by Gasteiger charge is 2.15. The lowest BCUT2D eigenvalue weighted by Crippen LogP contribution is -2.09. The van der Waals surface area contributed by atoms with Gasteiger partial charge >= 0.3 is 5.97 Å². The van der Waals surface area contributed by atoms with Crippen LogP contribution in [0.5, 0.6) is 5.75 Å². The molecule has 0 spiro atoms. The third kappa shape index (κ3) is 2.47. The average Bonchev–Trinajstić information content (AvgIpc) is 2.34. The van der Waals surface area contributed by atoms with Gasteiger partial charge in [-0.05, 0) is 35.0 Å². The van der Waals surface area contributed by atoms with Crippen molar-refractivity contribution in [1.82, 2.24) is 4.98 Å². The van der Waals surface area contributed by atoms with E-state index in [9.17, 15) is 4.79 Å². The van der Waals surface area contributed by atoms with Gasteiger partial charge in [0.1, 0.15) is 5.52 Å². The number of nitrogens with zero attached hydrogens (tertiary/aromatic N) is 1. The number of carbonyl (C=O) groups excluding carboxylic acids is 1. The molecule has 0 saturated carbocycles. The van der Waals surface area contributed by atoms with Crippen LogP contribution in [0.4, 0.5) is 0 Å². The molecule has 5 heteroatoms. The standard InChI is InChI=1S/C13H9Br2NO2/c1-7(2)13(17)18-12-10(15)6-9(14)8-4-3-5-16-11(8)12/h3-6H,1H2,2H3. The average molecular weight is 371 g/mol. The first kappa shape index (κ1) is 13.2. The zero-order valence-corrected chi connectivity index (χ0v) is 12.7. The fourth-order valence-electron chi connectivity index (χ4n) is 1.42. The van der Waals surface area contributed by atoms with Crippen LogP contribution in [0.15, 0.2) is 45.5 Å². The Kier molecular flexibility index (Phi) is 3.82. The van der Waals surface area contributed by atoms with E-state index < -0.39 is 5.97 Å². The SMILES string of the molecule is C=C(C)C(=O)Oc1c(Br)cc(Br)c2cccnc12. The second-order valence-electron chi connectivity index (χ2n) is 3.74. The molecule has 2 rings (SSSR count). The number of benzene rings is 1. The summed E-state index contributed by atoms with van der Waals surface area (Å²) in [6.45, 7) is 5.16. The predicted octanol–water partition coefficient (Wildman–Crippen LogP) is 4.24. The minimum Gasteiger partial charge on any atom is -0.420 e. The highest BCUT2D eigenvalue weighted by molar-refractivity contribution is 9.11. The minimum atomic E-state index is -0.468. The molecule has 0 saturated heterocycles. The van der Waals surface area contributed by atoms with Crippen LogP contribution in [0.3, 0.4) is 0 Å². The topological polar surface area (TPSA) is 39.2 Å². The van der Waals surface area contributed by atoms with E-state index in [1.807, 2.05) is 18.2 Å². The summed E-state index contributed by atoms with van der Waals surface area (Å²) in [5.41, 5.74) is 0.960. The van der Waals surface area contributed by atoms with Crippen molar-refractivity contribution in [3.8, 4) is 5.75 Å². The minimum absolute atomic E-state index is 0.342. The Morgan fingerprint density at radius 2 is 2.11 bits per heavy atom. The second kappa shape index (κ2) is 5.20. The van der Waals surface area contributed by atoms with E-state index in [0.717, 1.165) is 9.86 Å². The lowest BCUT2D eigenvalue weighted by Gasteiger charge is -2.10. The first-order valence-corrected chi connectivity index (χ1v) is 6.69. The molecule has 0 bridgehead atoms. The molecule has 0 aliphatic carbocycles. The molecule has 1 aromatic heterocycles. The number of esters is 1. The molecule has 0 amide bonds. The fraction of sp³-hybridized carbons (Fsp3) is 0.0769. The van der Waals surface area contributed by atoms with Gasteiger partial charge in [0.05, 0.1) is 4.47 Å². The number of rotatable bonds is 2. The molecule has 0 aliphatic rings. The highest BCUT2D eigenvalue weighted by atomic mass is 79.9. The zero-order valence-electron chi connectivity index (χ0n) is 9.54. The van der Waals surface area contributed by atoms with Gasteiger partial charge in [0.2, 0.25) is 0 Å². The summed E-state index contributed by atoms with van der Waals surface area (Å²) in [4.78, 5) is 15.9. The summed E-state index contributed by atoms with van der Waals surface area (Å²) in [6.07, 6.45) is 1.65. The van der Waals surface area contributed by atoms with Gasteiger partial charge in [0.15, 0.2) is 5.75 Å². The number of aromatic nitrogens is 1. The Hall–Kier alpha value is -1.20. The number of carbonyl (C=O) groups is 1. The van der Waals surface area contributed by atoms with E-state index in [4.69, 9.17) is 4.74 Å². The molecule has 0 atom stereocenters. The second-order valence-corrected chi connectivity index (χ2v) is 5.45. The van der Waals surface area contributed by atoms with Crippen molar-refractivity contribution < 1.29 is 9.53 Å². The van der Waals surface area contributed by atoms with Crippen molar-refractivity contribution in [2.24, 2.45) is 0 Å². The van der Waals surface area contributed by atoms with Crippen LogP contribution < -0.4 is 4.74 Å². The smallest absolute Gasteiger partial charge is 0.338 e. The maximum absolute atomic E-state index is 11.6. The van der Waals surface area contributed by atoms with Crippen LogP contribution in [0.2, 0.25) is 0 Å². The quantitative estimate of drug-likeness (QED) is 0.451. The molecular weight excluding hydrogens is 362 g/mol. The lowest BCUT2D eigenvalue weighted by molar-refractivity contribution is -0.130. The van der Waals surface area contributed by atoms with E-state index >= 15 is 0 Å². The van der Waals surface area contributed by atoms with Crippen LogP contribution in [-0.4, -0.2) is 11.0 Å². The van der Waals surface area contributed by atoms with Gasteiger partial charge in [0, 0.05) is 21.6 Å². The summed E-state index contributed by atoms with van der Waals surface area (Å²) in [5, 5.41) is 0.880. The molecule has 92 valence electrons. The number of hydrogen-bond acceptors (Lipinski definition) is 3. The molecule has 0 aliphatic heterocycles. The first-order valence-electron chi connectivity index (χ1n) is 5.11. The molecule has 0 N–H and O–H groups in total. The molecule has 2 aromatic rings.